The van der Waals surface area contributed by atoms with E-state index in [0.717, 1.165) is 5.56 Å². The largest absolute Gasteiger partial charge is 0.483 e. The first-order chi connectivity index (χ1) is 15.5. The van der Waals surface area contributed by atoms with Gasteiger partial charge in [0.05, 0.1) is 9.79 Å². The molecule has 0 heterocycles. The SMILES string of the molecule is Cc1cc(S(=O)(=O)NCc2ccccc2)ccc1OCC(=O)Nc1ccc(S(N)(=O)=O)cc1. The smallest absolute Gasteiger partial charge is 0.262 e. The van der Waals surface area contributed by atoms with Crippen LogP contribution in [0.2, 0.25) is 0 Å². The fraction of sp³-hybridized carbons (Fsp3) is 0.136. The molecule has 0 aliphatic rings. The molecule has 4 N–H and O–H groups in total. The van der Waals surface area contributed by atoms with Crippen molar-refractivity contribution >= 4 is 31.6 Å². The number of hydrogen-bond acceptors (Lipinski definition) is 6. The van der Waals surface area contributed by atoms with Crippen LogP contribution in [0.1, 0.15) is 11.1 Å². The number of sulfonamides is 2. The summed E-state index contributed by atoms with van der Waals surface area (Å²) in [5.74, 6) is -0.115. The highest BCUT2D eigenvalue weighted by Crippen LogP contribution is 2.22. The zero-order valence-electron chi connectivity index (χ0n) is 17.7. The van der Waals surface area contributed by atoms with Gasteiger partial charge in [0.1, 0.15) is 5.75 Å². The van der Waals surface area contributed by atoms with Gasteiger partial charge in [-0.25, -0.2) is 26.7 Å². The second-order valence-electron chi connectivity index (χ2n) is 7.14. The van der Waals surface area contributed by atoms with Crippen LogP contribution in [0, 0.1) is 6.92 Å². The van der Waals surface area contributed by atoms with E-state index >= 15 is 0 Å². The molecule has 9 nitrogen and oxygen atoms in total. The van der Waals surface area contributed by atoms with Crippen molar-refractivity contribution in [3.05, 3.63) is 83.9 Å². The second-order valence-corrected chi connectivity index (χ2v) is 10.5. The number of nitrogens with two attached hydrogens (primary N) is 1. The van der Waals surface area contributed by atoms with E-state index in [1.165, 1.54) is 42.5 Å². The predicted molar refractivity (Wildman–Crippen MR) is 124 cm³/mol. The van der Waals surface area contributed by atoms with E-state index in [1.54, 1.807) is 6.92 Å². The monoisotopic (exact) mass is 489 g/mol. The number of amides is 1. The van der Waals surface area contributed by atoms with E-state index in [1.807, 2.05) is 30.3 Å². The van der Waals surface area contributed by atoms with Crippen molar-refractivity contribution in [3.63, 3.8) is 0 Å². The van der Waals surface area contributed by atoms with E-state index in [4.69, 9.17) is 9.88 Å². The first-order valence-electron chi connectivity index (χ1n) is 9.74. The van der Waals surface area contributed by atoms with Gasteiger partial charge in [-0.2, -0.15) is 0 Å². The number of aryl methyl sites for hydroxylation is 1. The number of nitrogens with one attached hydrogen (secondary N) is 2. The highest BCUT2D eigenvalue weighted by atomic mass is 32.2. The van der Waals surface area contributed by atoms with E-state index < -0.39 is 26.0 Å². The molecule has 0 aliphatic carbocycles. The normalized spacial score (nSPS) is 11.7. The first-order valence-corrected chi connectivity index (χ1v) is 12.8. The molecule has 3 aromatic rings. The van der Waals surface area contributed by atoms with Crippen LogP contribution in [0.3, 0.4) is 0 Å². The van der Waals surface area contributed by atoms with Gasteiger partial charge in [-0.05, 0) is 60.5 Å². The molecule has 0 unspecified atom stereocenters. The summed E-state index contributed by atoms with van der Waals surface area (Å²) < 4.78 is 55.7. The van der Waals surface area contributed by atoms with Crippen molar-refractivity contribution in [1.82, 2.24) is 4.72 Å². The van der Waals surface area contributed by atoms with E-state index in [2.05, 4.69) is 10.0 Å². The van der Waals surface area contributed by atoms with Gasteiger partial charge in [0, 0.05) is 12.2 Å². The van der Waals surface area contributed by atoms with Crippen molar-refractivity contribution in [3.8, 4) is 5.75 Å². The molecule has 0 spiro atoms. The maximum absolute atomic E-state index is 12.6. The third kappa shape index (κ3) is 6.86. The highest BCUT2D eigenvalue weighted by molar-refractivity contribution is 7.89. The van der Waals surface area contributed by atoms with Crippen LogP contribution in [0.25, 0.3) is 0 Å². The Labute approximate surface area is 192 Å². The summed E-state index contributed by atoms with van der Waals surface area (Å²) in [4.78, 5) is 12.2. The molecule has 11 heteroatoms. The average Bonchev–Trinajstić information content (AvgIpc) is 2.77. The number of benzene rings is 3. The lowest BCUT2D eigenvalue weighted by molar-refractivity contribution is -0.118. The number of hydrogen-bond donors (Lipinski definition) is 3. The first kappa shape index (κ1) is 24.4. The molecule has 0 saturated carbocycles. The lowest BCUT2D eigenvalue weighted by Gasteiger charge is -2.12. The van der Waals surface area contributed by atoms with E-state index in [0.29, 0.717) is 17.0 Å². The Balaban J connectivity index is 1.58. The molecule has 174 valence electrons. The highest BCUT2D eigenvalue weighted by Gasteiger charge is 2.16. The molecule has 0 aromatic heterocycles. The Hall–Kier alpha value is -3.25. The van der Waals surface area contributed by atoms with Crippen LogP contribution >= 0.6 is 0 Å². The molecule has 0 fully saturated rings. The molecule has 1 amide bonds. The van der Waals surface area contributed by atoms with Crippen LogP contribution in [-0.2, 0) is 31.4 Å². The summed E-state index contributed by atoms with van der Waals surface area (Å²) in [7, 11) is -7.54. The molecule has 3 rings (SSSR count). The summed E-state index contributed by atoms with van der Waals surface area (Å²) in [5, 5.41) is 7.61. The van der Waals surface area contributed by atoms with Gasteiger partial charge < -0.3 is 10.1 Å². The van der Waals surface area contributed by atoms with Crippen LogP contribution in [-0.4, -0.2) is 29.3 Å². The standard InChI is InChI=1S/C22H23N3O6S2/c1-16-13-20(33(29,30)24-14-17-5-3-2-4-6-17)11-12-21(16)31-15-22(26)25-18-7-9-19(10-8-18)32(23,27)28/h2-13,24H,14-15H2,1H3,(H,25,26)(H2,23,27,28). The van der Waals surface area contributed by atoms with Crippen LogP contribution < -0.4 is 19.9 Å². The van der Waals surface area contributed by atoms with Gasteiger partial charge in [0.25, 0.3) is 5.91 Å². The fourth-order valence-electron chi connectivity index (χ4n) is 2.88. The number of anilines is 1. The molecule has 33 heavy (non-hydrogen) atoms. The maximum atomic E-state index is 12.6. The Morgan fingerprint density at radius 2 is 1.55 bits per heavy atom. The van der Waals surface area contributed by atoms with E-state index in [-0.39, 0.29) is 22.9 Å². The molecule has 3 aromatic carbocycles. The molecular formula is C22H23N3O6S2. The van der Waals surface area contributed by atoms with Crippen molar-refractivity contribution < 1.29 is 26.4 Å². The van der Waals surface area contributed by atoms with Crippen LogP contribution in [0.15, 0.2) is 82.6 Å². The van der Waals surface area contributed by atoms with Gasteiger partial charge in [-0.1, -0.05) is 30.3 Å². The van der Waals surface area contributed by atoms with Gasteiger partial charge in [0.15, 0.2) is 6.61 Å². The molecule has 0 aliphatic heterocycles. The predicted octanol–water partition coefficient (Wildman–Crippen LogP) is 2.14. The number of carbonyl (C=O) groups is 1. The Bertz CT molecular complexity index is 1340. The lowest BCUT2D eigenvalue weighted by Crippen LogP contribution is -2.23. The van der Waals surface area contributed by atoms with Crippen molar-refractivity contribution in [2.75, 3.05) is 11.9 Å². The van der Waals surface area contributed by atoms with Crippen LogP contribution in [0.5, 0.6) is 5.75 Å². The Morgan fingerprint density at radius 3 is 2.15 bits per heavy atom. The topological polar surface area (TPSA) is 145 Å². The van der Waals surface area contributed by atoms with Gasteiger partial charge in [0.2, 0.25) is 20.0 Å². The van der Waals surface area contributed by atoms with Gasteiger partial charge in [-0.3, -0.25) is 4.79 Å². The summed E-state index contributed by atoms with van der Waals surface area (Å²) in [6.07, 6.45) is 0. The van der Waals surface area contributed by atoms with Gasteiger partial charge in [-0.15, -0.1) is 0 Å². The van der Waals surface area contributed by atoms with Gasteiger partial charge >= 0.3 is 0 Å². The number of primary sulfonamides is 1. The third-order valence-electron chi connectivity index (χ3n) is 4.59. The summed E-state index contributed by atoms with van der Waals surface area (Å²) in [6.45, 7) is 1.52. The molecule has 0 saturated heterocycles. The lowest BCUT2D eigenvalue weighted by atomic mass is 10.2. The minimum Gasteiger partial charge on any atom is -0.483 e. The molecule has 0 bridgehead atoms. The van der Waals surface area contributed by atoms with E-state index in [9.17, 15) is 21.6 Å². The van der Waals surface area contributed by atoms with Crippen LogP contribution in [0.4, 0.5) is 5.69 Å². The summed E-state index contributed by atoms with van der Waals surface area (Å²) in [5.41, 5.74) is 1.75. The third-order valence-corrected chi connectivity index (χ3v) is 6.92. The van der Waals surface area contributed by atoms with Crippen molar-refractivity contribution in [1.29, 1.82) is 0 Å². The number of rotatable bonds is 9. The zero-order chi connectivity index (χ0) is 24.1. The average molecular weight is 490 g/mol. The van der Waals surface area contributed by atoms with Crippen molar-refractivity contribution in [2.24, 2.45) is 5.14 Å². The summed E-state index contributed by atoms with van der Waals surface area (Å²) >= 11 is 0. The Kier molecular flexibility index (Phi) is 7.49. The quantitative estimate of drug-likeness (QED) is 0.420. The summed E-state index contributed by atoms with van der Waals surface area (Å²) in [6, 6.07) is 18.9. The number of carbonyl (C=O) groups excluding carboxylic acids is 1. The molecule has 0 atom stereocenters. The fourth-order valence-corrected chi connectivity index (χ4v) is 4.49. The minimum atomic E-state index is -3.82. The number of ether oxygens (including phenoxy) is 1. The molecular weight excluding hydrogens is 466 g/mol. The Morgan fingerprint density at radius 1 is 0.909 bits per heavy atom. The second kappa shape index (κ2) is 10.1. The zero-order valence-corrected chi connectivity index (χ0v) is 19.3. The minimum absolute atomic E-state index is 0.0688. The maximum Gasteiger partial charge on any atom is 0.262 e. The van der Waals surface area contributed by atoms with Crippen molar-refractivity contribution in [2.45, 2.75) is 23.3 Å². The molecule has 0 radical (unpaired) electrons.